The first-order valence-corrected chi connectivity index (χ1v) is 6.21. The molecule has 7 heteroatoms. The predicted molar refractivity (Wildman–Crippen MR) is 64.8 cm³/mol. The lowest BCUT2D eigenvalue weighted by Gasteiger charge is -2.08. The van der Waals surface area contributed by atoms with E-state index in [9.17, 15) is 13.2 Å². The summed E-state index contributed by atoms with van der Waals surface area (Å²) >= 11 is 1.43. The molecule has 1 aromatic heterocycles. The Morgan fingerprint density at radius 2 is 1.83 bits per heavy atom. The fourth-order valence-electron chi connectivity index (χ4n) is 1.50. The van der Waals surface area contributed by atoms with Gasteiger partial charge < -0.3 is 5.73 Å². The van der Waals surface area contributed by atoms with E-state index in [4.69, 9.17) is 5.73 Å². The molecule has 1 heterocycles. The number of benzene rings is 1. The van der Waals surface area contributed by atoms with Gasteiger partial charge in [0.05, 0.1) is 22.3 Å². The summed E-state index contributed by atoms with van der Waals surface area (Å²) in [7, 11) is 0. The number of alkyl halides is 3. The van der Waals surface area contributed by atoms with Gasteiger partial charge in [0.2, 0.25) is 0 Å². The first-order valence-electron chi connectivity index (χ1n) is 4.98. The van der Waals surface area contributed by atoms with Crippen LogP contribution < -0.4 is 5.73 Å². The van der Waals surface area contributed by atoms with Gasteiger partial charge >= 0.3 is 6.18 Å². The van der Waals surface area contributed by atoms with E-state index in [1.807, 2.05) is 6.26 Å². The molecule has 0 spiro atoms. The van der Waals surface area contributed by atoms with E-state index in [0.717, 1.165) is 17.0 Å². The number of rotatable bonds is 2. The summed E-state index contributed by atoms with van der Waals surface area (Å²) in [6.45, 7) is 0. The van der Waals surface area contributed by atoms with Crippen LogP contribution in [0.4, 0.5) is 19.0 Å². The minimum absolute atomic E-state index is 0.419. The van der Waals surface area contributed by atoms with Crippen molar-refractivity contribution in [2.75, 3.05) is 12.0 Å². The highest BCUT2D eigenvalue weighted by molar-refractivity contribution is 7.98. The van der Waals surface area contributed by atoms with Crippen LogP contribution in [0.1, 0.15) is 5.56 Å². The van der Waals surface area contributed by atoms with Crippen LogP contribution in [0.2, 0.25) is 0 Å². The lowest BCUT2D eigenvalue weighted by molar-refractivity contribution is -0.137. The Hall–Kier alpha value is -1.63. The topological polar surface area (TPSA) is 43.8 Å². The Morgan fingerprint density at radius 3 is 2.28 bits per heavy atom. The first kappa shape index (κ1) is 12.8. The van der Waals surface area contributed by atoms with E-state index < -0.39 is 11.7 Å². The van der Waals surface area contributed by atoms with E-state index in [0.29, 0.717) is 11.5 Å². The molecule has 0 saturated heterocycles. The third-order valence-corrected chi connectivity index (χ3v) is 3.18. The monoisotopic (exact) mass is 273 g/mol. The molecular weight excluding hydrogens is 263 g/mol. The number of nitrogens with two attached hydrogens (primary N) is 1. The van der Waals surface area contributed by atoms with Crippen molar-refractivity contribution >= 4 is 17.6 Å². The summed E-state index contributed by atoms with van der Waals surface area (Å²) < 4.78 is 38.6. The highest BCUT2D eigenvalue weighted by Gasteiger charge is 2.30. The van der Waals surface area contributed by atoms with Crippen LogP contribution in [0.25, 0.3) is 5.69 Å². The molecule has 0 amide bonds. The predicted octanol–water partition coefficient (Wildman–Crippen LogP) is 3.20. The molecule has 2 N–H and O–H groups in total. The molecule has 0 saturated carbocycles. The molecule has 0 aliphatic heterocycles. The molecule has 0 unspecified atom stereocenters. The highest BCUT2D eigenvalue weighted by Crippen LogP contribution is 2.30. The number of hydrogen-bond donors (Lipinski definition) is 1. The van der Waals surface area contributed by atoms with E-state index in [-0.39, 0.29) is 0 Å². The Kier molecular flexibility index (Phi) is 3.25. The first-order chi connectivity index (χ1) is 8.43. The Bertz CT molecular complexity index is 546. The molecule has 1 aromatic carbocycles. The van der Waals surface area contributed by atoms with Crippen LogP contribution in [-0.4, -0.2) is 16.0 Å². The lowest BCUT2D eigenvalue weighted by Crippen LogP contribution is -2.06. The normalized spacial score (nSPS) is 11.8. The van der Waals surface area contributed by atoms with Crippen molar-refractivity contribution in [2.45, 2.75) is 11.1 Å². The van der Waals surface area contributed by atoms with E-state index in [2.05, 4.69) is 5.10 Å². The van der Waals surface area contributed by atoms with Crippen molar-refractivity contribution in [3.8, 4) is 5.69 Å². The van der Waals surface area contributed by atoms with Gasteiger partial charge in [-0.1, -0.05) is 0 Å². The average Bonchev–Trinajstić information content (AvgIpc) is 2.69. The summed E-state index contributed by atoms with van der Waals surface area (Å²) in [5.41, 5.74) is 5.64. The molecule has 0 aliphatic carbocycles. The zero-order valence-corrected chi connectivity index (χ0v) is 10.2. The zero-order chi connectivity index (χ0) is 13.3. The van der Waals surface area contributed by atoms with Gasteiger partial charge in [0.25, 0.3) is 0 Å². The summed E-state index contributed by atoms with van der Waals surface area (Å²) in [6.07, 6.45) is -0.902. The smallest absolute Gasteiger partial charge is 0.383 e. The molecule has 3 nitrogen and oxygen atoms in total. The second-order valence-corrected chi connectivity index (χ2v) is 4.40. The molecule has 0 radical (unpaired) electrons. The fraction of sp³-hybridized carbons (Fsp3) is 0.182. The largest absolute Gasteiger partial charge is 0.416 e. The van der Waals surface area contributed by atoms with Gasteiger partial charge in [-0.25, -0.2) is 4.68 Å². The Labute approximate surface area is 106 Å². The third-order valence-electron chi connectivity index (χ3n) is 2.43. The molecule has 0 fully saturated rings. The van der Waals surface area contributed by atoms with Crippen molar-refractivity contribution in [1.29, 1.82) is 0 Å². The molecular formula is C11H10F3N3S. The van der Waals surface area contributed by atoms with Crippen molar-refractivity contribution in [3.63, 3.8) is 0 Å². The lowest BCUT2D eigenvalue weighted by atomic mass is 10.2. The number of thioether (sulfide) groups is 1. The molecule has 2 aromatic rings. The quantitative estimate of drug-likeness (QED) is 0.854. The highest BCUT2D eigenvalue weighted by atomic mass is 32.2. The van der Waals surface area contributed by atoms with Crippen molar-refractivity contribution in [2.24, 2.45) is 0 Å². The Balaban J connectivity index is 2.37. The molecule has 2 rings (SSSR count). The van der Waals surface area contributed by atoms with Crippen LogP contribution in [0.15, 0.2) is 35.4 Å². The molecule has 0 aliphatic rings. The summed E-state index contributed by atoms with van der Waals surface area (Å²) in [6, 6.07) is 4.71. The molecule has 0 atom stereocenters. The second-order valence-electron chi connectivity index (χ2n) is 3.55. The molecule has 96 valence electrons. The van der Waals surface area contributed by atoms with Crippen LogP contribution in [-0.2, 0) is 6.18 Å². The number of hydrogen-bond acceptors (Lipinski definition) is 3. The van der Waals surface area contributed by atoms with E-state index in [1.165, 1.54) is 28.6 Å². The van der Waals surface area contributed by atoms with Gasteiger partial charge in [0.15, 0.2) is 0 Å². The number of aromatic nitrogens is 2. The molecule has 18 heavy (non-hydrogen) atoms. The van der Waals surface area contributed by atoms with Gasteiger partial charge in [-0.05, 0) is 30.5 Å². The standard InChI is InChI=1S/C11H10F3N3S/c1-18-9-6-16-17(10(9)15)8-4-2-7(3-5-8)11(12,13)14/h2-6H,15H2,1H3. The van der Waals surface area contributed by atoms with Crippen molar-refractivity contribution < 1.29 is 13.2 Å². The summed E-state index contributed by atoms with van der Waals surface area (Å²) in [5.74, 6) is 0.419. The van der Waals surface area contributed by atoms with E-state index >= 15 is 0 Å². The summed E-state index contributed by atoms with van der Waals surface area (Å²) in [5, 5.41) is 4.04. The van der Waals surface area contributed by atoms with Gasteiger partial charge in [0.1, 0.15) is 5.82 Å². The van der Waals surface area contributed by atoms with Crippen LogP contribution in [0, 0.1) is 0 Å². The number of anilines is 1. The third kappa shape index (κ3) is 2.31. The average molecular weight is 273 g/mol. The van der Waals surface area contributed by atoms with Crippen LogP contribution in [0.5, 0.6) is 0 Å². The minimum Gasteiger partial charge on any atom is -0.383 e. The van der Waals surface area contributed by atoms with Gasteiger partial charge in [-0.15, -0.1) is 11.8 Å². The molecule has 0 bridgehead atoms. The van der Waals surface area contributed by atoms with E-state index in [1.54, 1.807) is 6.20 Å². The SMILES string of the molecule is CSc1cnn(-c2ccc(C(F)(F)F)cc2)c1N. The van der Waals surface area contributed by atoms with Gasteiger partial charge in [-0.3, -0.25) is 0 Å². The summed E-state index contributed by atoms with van der Waals surface area (Å²) in [4.78, 5) is 0.787. The van der Waals surface area contributed by atoms with Crippen molar-refractivity contribution in [1.82, 2.24) is 9.78 Å². The fourth-order valence-corrected chi connectivity index (χ4v) is 1.95. The minimum atomic E-state index is -4.33. The maximum atomic E-state index is 12.4. The number of nitrogens with zero attached hydrogens (tertiary/aromatic N) is 2. The maximum absolute atomic E-state index is 12.4. The van der Waals surface area contributed by atoms with Crippen LogP contribution >= 0.6 is 11.8 Å². The number of nitrogen functional groups attached to an aromatic ring is 1. The Morgan fingerprint density at radius 1 is 1.22 bits per heavy atom. The van der Waals surface area contributed by atoms with Crippen LogP contribution in [0.3, 0.4) is 0 Å². The number of halogens is 3. The van der Waals surface area contributed by atoms with Gasteiger partial charge in [0, 0.05) is 0 Å². The van der Waals surface area contributed by atoms with Gasteiger partial charge in [-0.2, -0.15) is 18.3 Å². The second kappa shape index (κ2) is 4.56. The van der Waals surface area contributed by atoms with Crippen molar-refractivity contribution in [3.05, 3.63) is 36.0 Å². The zero-order valence-electron chi connectivity index (χ0n) is 9.40. The maximum Gasteiger partial charge on any atom is 0.416 e.